The summed E-state index contributed by atoms with van der Waals surface area (Å²) < 4.78 is 0. The Morgan fingerprint density at radius 3 is 2.29 bits per heavy atom. The van der Waals surface area contributed by atoms with E-state index in [9.17, 15) is 0 Å². The minimum absolute atomic E-state index is 0.630. The van der Waals surface area contributed by atoms with Gasteiger partial charge in [-0.25, -0.2) is 0 Å². The van der Waals surface area contributed by atoms with Gasteiger partial charge in [0, 0.05) is 11.7 Å². The second-order valence-electron chi connectivity index (χ2n) is 6.42. The molecule has 1 nitrogen and oxygen atoms in total. The van der Waals surface area contributed by atoms with Crippen molar-refractivity contribution in [2.24, 2.45) is 0 Å². The highest BCUT2D eigenvalue weighted by atomic mass is 14.9. The molecule has 0 unspecified atom stereocenters. The quantitative estimate of drug-likeness (QED) is 0.788. The van der Waals surface area contributed by atoms with Crippen LogP contribution >= 0.6 is 0 Å². The van der Waals surface area contributed by atoms with Gasteiger partial charge in [0.05, 0.1) is 0 Å². The summed E-state index contributed by atoms with van der Waals surface area (Å²) in [5, 5.41) is 3.76. The Balaban J connectivity index is 1.60. The Labute approximate surface area is 128 Å². The Kier molecular flexibility index (Phi) is 4.28. The summed E-state index contributed by atoms with van der Waals surface area (Å²) in [6.45, 7) is 4.36. The smallest absolute Gasteiger partial charge is 0.0374 e. The molecule has 0 aliphatic heterocycles. The third-order valence-electron chi connectivity index (χ3n) is 4.75. The lowest BCUT2D eigenvalue weighted by Crippen LogP contribution is -2.25. The van der Waals surface area contributed by atoms with E-state index >= 15 is 0 Å². The number of nitrogens with one attached hydrogen (secondary N) is 1. The normalized spacial score (nSPS) is 22.0. The fourth-order valence-electron chi connectivity index (χ4n) is 3.41. The van der Waals surface area contributed by atoms with Crippen LogP contribution in [-0.2, 0) is 0 Å². The van der Waals surface area contributed by atoms with Crippen molar-refractivity contribution in [2.45, 2.75) is 51.5 Å². The van der Waals surface area contributed by atoms with Gasteiger partial charge in [-0.3, -0.25) is 0 Å². The lowest BCUT2D eigenvalue weighted by Gasteiger charge is -2.30. The van der Waals surface area contributed by atoms with Gasteiger partial charge in [0.2, 0.25) is 0 Å². The highest BCUT2D eigenvalue weighted by Crippen LogP contribution is 2.34. The lowest BCUT2D eigenvalue weighted by molar-refractivity contribution is 0.412. The second kappa shape index (κ2) is 6.34. The van der Waals surface area contributed by atoms with Gasteiger partial charge in [0.1, 0.15) is 0 Å². The van der Waals surface area contributed by atoms with Crippen molar-refractivity contribution < 1.29 is 0 Å². The molecule has 0 atom stereocenters. The first-order chi connectivity index (χ1) is 10.2. The zero-order valence-electron chi connectivity index (χ0n) is 13.1. The molecule has 1 heteroatoms. The molecule has 1 aliphatic rings. The van der Waals surface area contributed by atoms with Crippen LogP contribution in [0.15, 0.2) is 48.5 Å². The Morgan fingerprint density at radius 1 is 0.857 bits per heavy atom. The summed E-state index contributed by atoms with van der Waals surface area (Å²) >= 11 is 0. The minimum atomic E-state index is 0.630. The molecule has 3 rings (SSSR count). The molecule has 0 bridgehead atoms. The monoisotopic (exact) mass is 279 g/mol. The van der Waals surface area contributed by atoms with Crippen LogP contribution < -0.4 is 5.32 Å². The molecule has 0 saturated heterocycles. The largest absolute Gasteiger partial charge is 0.382 e. The zero-order chi connectivity index (χ0) is 14.7. The van der Waals surface area contributed by atoms with E-state index in [0.717, 1.165) is 5.92 Å². The first-order valence-corrected chi connectivity index (χ1v) is 8.11. The third-order valence-corrected chi connectivity index (χ3v) is 4.75. The molecule has 0 amide bonds. The molecule has 1 N–H and O–H groups in total. The molecule has 2 aromatic rings. The van der Waals surface area contributed by atoms with Crippen LogP contribution in [0.5, 0.6) is 0 Å². The predicted molar refractivity (Wildman–Crippen MR) is 91.0 cm³/mol. The van der Waals surface area contributed by atoms with Crippen molar-refractivity contribution >= 4 is 5.69 Å². The SMILES string of the molecule is Cc1ccc(C)c(NC2CCC(c3ccccc3)CC2)c1. The minimum Gasteiger partial charge on any atom is -0.382 e. The van der Waals surface area contributed by atoms with Crippen LogP contribution in [0, 0.1) is 13.8 Å². The highest BCUT2D eigenvalue weighted by molar-refractivity contribution is 5.53. The maximum Gasteiger partial charge on any atom is 0.0374 e. The molecule has 0 aromatic heterocycles. The van der Waals surface area contributed by atoms with Crippen LogP contribution in [0.25, 0.3) is 0 Å². The van der Waals surface area contributed by atoms with E-state index < -0.39 is 0 Å². The number of benzene rings is 2. The molecule has 1 aliphatic carbocycles. The summed E-state index contributed by atoms with van der Waals surface area (Å²) in [6.07, 6.45) is 5.14. The fraction of sp³-hybridized carbons (Fsp3) is 0.400. The summed E-state index contributed by atoms with van der Waals surface area (Å²) in [5.41, 5.74) is 5.52. The molecule has 1 fully saturated rings. The molecule has 110 valence electrons. The van der Waals surface area contributed by atoms with Gasteiger partial charge in [-0.1, -0.05) is 42.5 Å². The van der Waals surface area contributed by atoms with Crippen molar-refractivity contribution in [3.8, 4) is 0 Å². The van der Waals surface area contributed by atoms with E-state index in [1.807, 2.05) is 0 Å². The van der Waals surface area contributed by atoms with Crippen molar-refractivity contribution in [1.29, 1.82) is 0 Å². The van der Waals surface area contributed by atoms with Crippen LogP contribution in [0.3, 0.4) is 0 Å². The van der Waals surface area contributed by atoms with E-state index in [1.165, 1.54) is 48.1 Å². The van der Waals surface area contributed by atoms with Gasteiger partial charge in [0.25, 0.3) is 0 Å². The van der Waals surface area contributed by atoms with E-state index in [0.29, 0.717) is 6.04 Å². The van der Waals surface area contributed by atoms with Crippen molar-refractivity contribution in [2.75, 3.05) is 5.32 Å². The molecule has 1 saturated carbocycles. The highest BCUT2D eigenvalue weighted by Gasteiger charge is 2.22. The molecule has 0 heterocycles. The third kappa shape index (κ3) is 3.47. The standard InChI is InChI=1S/C20H25N/c1-15-8-9-16(2)20(14-15)21-19-12-10-18(11-13-19)17-6-4-3-5-7-17/h3-9,14,18-19,21H,10-13H2,1-2H3. The fourth-order valence-corrected chi connectivity index (χ4v) is 3.41. The number of anilines is 1. The van der Waals surface area contributed by atoms with Crippen molar-refractivity contribution in [1.82, 2.24) is 0 Å². The van der Waals surface area contributed by atoms with Crippen LogP contribution in [0.2, 0.25) is 0 Å². The molecular weight excluding hydrogens is 254 g/mol. The van der Waals surface area contributed by atoms with Gasteiger partial charge < -0.3 is 5.32 Å². The maximum absolute atomic E-state index is 3.76. The number of hydrogen-bond donors (Lipinski definition) is 1. The summed E-state index contributed by atoms with van der Waals surface area (Å²) in [6, 6.07) is 18.3. The molecule has 2 aromatic carbocycles. The van der Waals surface area contributed by atoms with Crippen LogP contribution in [0.1, 0.15) is 48.3 Å². The second-order valence-corrected chi connectivity index (χ2v) is 6.42. The Morgan fingerprint density at radius 2 is 1.57 bits per heavy atom. The van der Waals surface area contributed by atoms with Gasteiger partial charge in [-0.15, -0.1) is 0 Å². The summed E-state index contributed by atoms with van der Waals surface area (Å²) in [7, 11) is 0. The lowest BCUT2D eigenvalue weighted by atomic mass is 9.81. The van der Waals surface area contributed by atoms with Crippen molar-refractivity contribution in [3.05, 3.63) is 65.2 Å². The van der Waals surface area contributed by atoms with E-state index in [2.05, 4.69) is 67.7 Å². The number of rotatable bonds is 3. The van der Waals surface area contributed by atoms with Gasteiger partial charge in [-0.05, 0) is 68.2 Å². The van der Waals surface area contributed by atoms with Crippen molar-refractivity contribution in [3.63, 3.8) is 0 Å². The van der Waals surface area contributed by atoms with E-state index in [4.69, 9.17) is 0 Å². The van der Waals surface area contributed by atoms with Gasteiger partial charge >= 0.3 is 0 Å². The van der Waals surface area contributed by atoms with E-state index in [-0.39, 0.29) is 0 Å². The summed E-state index contributed by atoms with van der Waals surface area (Å²) in [5.74, 6) is 0.753. The van der Waals surface area contributed by atoms with E-state index in [1.54, 1.807) is 0 Å². The maximum atomic E-state index is 3.76. The molecule has 21 heavy (non-hydrogen) atoms. The average molecular weight is 279 g/mol. The zero-order valence-corrected chi connectivity index (χ0v) is 13.1. The van der Waals surface area contributed by atoms with Crippen LogP contribution in [-0.4, -0.2) is 6.04 Å². The van der Waals surface area contributed by atoms with Gasteiger partial charge in [-0.2, -0.15) is 0 Å². The Bertz CT molecular complexity index is 580. The summed E-state index contributed by atoms with van der Waals surface area (Å²) in [4.78, 5) is 0. The molecule has 0 spiro atoms. The number of aryl methyl sites for hydroxylation is 2. The first kappa shape index (κ1) is 14.2. The van der Waals surface area contributed by atoms with Crippen LogP contribution in [0.4, 0.5) is 5.69 Å². The first-order valence-electron chi connectivity index (χ1n) is 8.11. The number of hydrogen-bond acceptors (Lipinski definition) is 1. The topological polar surface area (TPSA) is 12.0 Å². The molecule has 0 radical (unpaired) electrons. The Hall–Kier alpha value is -1.76. The predicted octanol–water partition coefficient (Wildman–Crippen LogP) is 5.44. The average Bonchev–Trinajstić information content (AvgIpc) is 2.53. The molecular formula is C20H25N. The van der Waals surface area contributed by atoms with Gasteiger partial charge in [0.15, 0.2) is 0 Å².